The maximum atomic E-state index is 12.8. The first-order valence-electron chi connectivity index (χ1n) is 26.7. The largest absolute Gasteiger partial charge is 0.462 e. The molecule has 6 nitrogen and oxygen atoms in total. The lowest BCUT2D eigenvalue weighted by Crippen LogP contribution is -2.30. The third kappa shape index (κ3) is 51.2. The first-order valence-corrected chi connectivity index (χ1v) is 26.7. The van der Waals surface area contributed by atoms with Gasteiger partial charge in [-0.15, -0.1) is 0 Å². The minimum atomic E-state index is -0.802. The normalized spacial score (nSPS) is 12.8. The van der Waals surface area contributed by atoms with Crippen LogP contribution in [-0.2, 0) is 28.6 Å². The summed E-state index contributed by atoms with van der Waals surface area (Å²) in [5, 5.41) is 0. The van der Waals surface area contributed by atoms with E-state index in [0.717, 1.165) is 122 Å². The summed E-state index contributed by atoms with van der Waals surface area (Å²) in [6.07, 6.45) is 69.6. The van der Waals surface area contributed by atoms with Crippen LogP contribution in [0.2, 0.25) is 0 Å². The first-order chi connectivity index (χ1) is 32.0. The number of allylic oxidation sites excluding steroid dienone is 16. The van der Waals surface area contributed by atoms with E-state index in [1.165, 1.54) is 77.0 Å². The lowest BCUT2D eigenvalue weighted by Gasteiger charge is -2.18. The molecule has 0 heterocycles. The van der Waals surface area contributed by atoms with Crippen LogP contribution in [0.15, 0.2) is 97.2 Å². The monoisotopic (exact) mass is 903 g/mol. The topological polar surface area (TPSA) is 78.9 Å². The Kier molecular flexibility index (Phi) is 50.0. The van der Waals surface area contributed by atoms with Crippen molar-refractivity contribution in [1.82, 2.24) is 0 Å². The summed E-state index contributed by atoms with van der Waals surface area (Å²) in [7, 11) is 0. The van der Waals surface area contributed by atoms with Crippen LogP contribution in [0.1, 0.15) is 239 Å². The molecule has 6 heteroatoms. The maximum absolute atomic E-state index is 12.8. The van der Waals surface area contributed by atoms with Crippen LogP contribution in [0.3, 0.4) is 0 Å². The second kappa shape index (κ2) is 52.9. The Morgan fingerprint density at radius 1 is 0.323 bits per heavy atom. The molecule has 0 rings (SSSR count). The Labute approximate surface area is 400 Å². The summed E-state index contributed by atoms with van der Waals surface area (Å²) in [6.45, 7) is 6.44. The van der Waals surface area contributed by atoms with Crippen molar-refractivity contribution < 1.29 is 28.6 Å². The summed E-state index contributed by atoms with van der Waals surface area (Å²) in [5.74, 6) is -0.954. The van der Waals surface area contributed by atoms with E-state index in [9.17, 15) is 14.4 Å². The van der Waals surface area contributed by atoms with Crippen LogP contribution in [0.5, 0.6) is 0 Å². The quantitative estimate of drug-likeness (QED) is 0.0262. The molecule has 0 unspecified atom stereocenters. The van der Waals surface area contributed by atoms with Gasteiger partial charge < -0.3 is 14.2 Å². The molecule has 0 saturated carbocycles. The number of unbranched alkanes of at least 4 members (excludes halogenated alkanes) is 20. The molecule has 1 atom stereocenters. The van der Waals surface area contributed by atoms with Gasteiger partial charge in [0.05, 0.1) is 0 Å². The molecule has 65 heavy (non-hydrogen) atoms. The number of hydrogen-bond donors (Lipinski definition) is 0. The zero-order valence-corrected chi connectivity index (χ0v) is 42.2. The average molecular weight is 903 g/mol. The van der Waals surface area contributed by atoms with E-state index in [0.29, 0.717) is 19.3 Å². The highest BCUT2D eigenvalue weighted by molar-refractivity contribution is 5.71. The fraction of sp³-hybridized carbons (Fsp3) is 0.678. The molecule has 370 valence electrons. The number of carbonyl (C=O) groups excluding carboxylic acids is 3. The van der Waals surface area contributed by atoms with Crippen molar-refractivity contribution in [2.75, 3.05) is 13.2 Å². The van der Waals surface area contributed by atoms with E-state index in [4.69, 9.17) is 14.2 Å². The maximum Gasteiger partial charge on any atom is 0.306 e. The van der Waals surface area contributed by atoms with E-state index in [1.807, 2.05) is 0 Å². The van der Waals surface area contributed by atoms with Gasteiger partial charge in [0, 0.05) is 19.3 Å². The van der Waals surface area contributed by atoms with Crippen LogP contribution < -0.4 is 0 Å². The summed E-state index contributed by atoms with van der Waals surface area (Å²) in [4.78, 5) is 38.0. The number of hydrogen-bond acceptors (Lipinski definition) is 6. The molecule has 0 aliphatic rings. The van der Waals surface area contributed by atoms with Crippen molar-refractivity contribution in [2.45, 2.75) is 245 Å². The SMILES string of the molecule is CC/C=C\C/C=C\C/C=C\C/C=C\C/C=C\CCCCCC(=O)OC[C@H](COC(=O)CCCCCCCCCCCCC)OC(=O)CCCCCC/C=C\C/C=C\C/C=C\CCCCC. The zero-order chi connectivity index (χ0) is 47.2. The van der Waals surface area contributed by atoms with E-state index in [-0.39, 0.29) is 31.1 Å². The van der Waals surface area contributed by atoms with E-state index < -0.39 is 6.10 Å². The minimum Gasteiger partial charge on any atom is -0.462 e. The van der Waals surface area contributed by atoms with Crippen molar-refractivity contribution in [1.29, 1.82) is 0 Å². The van der Waals surface area contributed by atoms with Crippen molar-refractivity contribution in [3.8, 4) is 0 Å². The second-order valence-electron chi connectivity index (χ2n) is 17.4. The van der Waals surface area contributed by atoms with Gasteiger partial charge in [-0.3, -0.25) is 14.4 Å². The predicted octanol–water partition coefficient (Wildman–Crippen LogP) is 17.8. The highest BCUT2D eigenvalue weighted by Gasteiger charge is 2.19. The molecule has 0 radical (unpaired) electrons. The number of rotatable bonds is 47. The molecule has 0 aliphatic heterocycles. The molecular formula is C59H98O6. The van der Waals surface area contributed by atoms with Crippen LogP contribution in [0.4, 0.5) is 0 Å². The Balaban J connectivity index is 4.47. The molecule has 0 aromatic heterocycles. The minimum absolute atomic E-state index is 0.0968. The van der Waals surface area contributed by atoms with Gasteiger partial charge in [-0.05, 0) is 103 Å². The molecule has 0 fully saturated rings. The van der Waals surface area contributed by atoms with Crippen molar-refractivity contribution >= 4 is 17.9 Å². The third-order valence-corrected chi connectivity index (χ3v) is 11.1. The van der Waals surface area contributed by atoms with Crippen LogP contribution in [0, 0.1) is 0 Å². The molecule has 0 N–H and O–H groups in total. The number of esters is 3. The lowest BCUT2D eigenvalue weighted by molar-refractivity contribution is -0.167. The van der Waals surface area contributed by atoms with Gasteiger partial charge in [-0.25, -0.2) is 0 Å². The Bertz CT molecular complexity index is 1310. The van der Waals surface area contributed by atoms with E-state index >= 15 is 0 Å². The van der Waals surface area contributed by atoms with Crippen LogP contribution in [-0.4, -0.2) is 37.2 Å². The van der Waals surface area contributed by atoms with Gasteiger partial charge in [-0.2, -0.15) is 0 Å². The summed E-state index contributed by atoms with van der Waals surface area (Å²) in [5.41, 5.74) is 0. The Morgan fingerprint density at radius 3 is 0.985 bits per heavy atom. The molecule has 0 aromatic carbocycles. The van der Waals surface area contributed by atoms with Gasteiger partial charge in [0.1, 0.15) is 13.2 Å². The van der Waals surface area contributed by atoms with Gasteiger partial charge in [0.2, 0.25) is 0 Å². The highest BCUT2D eigenvalue weighted by Crippen LogP contribution is 2.14. The fourth-order valence-corrected chi connectivity index (χ4v) is 7.06. The molecular weight excluding hydrogens is 805 g/mol. The third-order valence-electron chi connectivity index (χ3n) is 11.1. The fourth-order valence-electron chi connectivity index (χ4n) is 7.06. The van der Waals surface area contributed by atoms with Gasteiger partial charge in [0.15, 0.2) is 6.10 Å². The van der Waals surface area contributed by atoms with Crippen molar-refractivity contribution in [3.63, 3.8) is 0 Å². The molecule has 0 saturated heterocycles. The Morgan fingerprint density at radius 2 is 0.600 bits per heavy atom. The van der Waals surface area contributed by atoms with Crippen molar-refractivity contribution in [2.24, 2.45) is 0 Å². The van der Waals surface area contributed by atoms with Crippen LogP contribution >= 0.6 is 0 Å². The second-order valence-corrected chi connectivity index (χ2v) is 17.4. The summed E-state index contributed by atoms with van der Waals surface area (Å²) < 4.78 is 16.8. The summed E-state index contributed by atoms with van der Waals surface area (Å²) in [6, 6.07) is 0. The Hall–Kier alpha value is -3.67. The van der Waals surface area contributed by atoms with E-state index in [1.54, 1.807) is 0 Å². The summed E-state index contributed by atoms with van der Waals surface area (Å²) >= 11 is 0. The molecule has 0 bridgehead atoms. The number of ether oxygens (including phenoxy) is 3. The van der Waals surface area contributed by atoms with Gasteiger partial charge in [0.25, 0.3) is 0 Å². The number of carbonyl (C=O) groups is 3. The standard InChI is InChI=1S/C59H98O6/c1-4-7-10-13-16-19-22-24-26-28-29-31-32-34-37-40-43-46-49-52-58(61)64-55-56(54-63-57(60)51-48-45-42-39-36-21-18-15-12-9-6-3)65-59(62)53-50-47-44-41-38-35-33-30-27-25-23-20-17-14-11-8-5-2/h7,10,16-17,19-20,24-27,29,31,33-35,37,56H,4-6,8-9,11-15,18,21-23,28,30,32,36,38-55H2,1-3H3/b10-7-,19-16-,20-17-,26-24-,27-25-,31-29-,35-33-,37-34-/t56-/m0/s1. The van der Waals surface area contributed by atoms with Gasteiger partial charge in [-0.1, -0.05) is 214 Å². The highest BCUT2D eigenvalue weighted by atomic mass is 16.6. The average Bonchev–Trinajstić information content (AvgIpc) is 3.30. The molecule has 0 aliphatic carbocycles. The molecule has 0 aromatic rings. The van der Waals surface area contributed by atoms with E-state index in [2.05, 4.69) is 118 Å². The van der Waals surface area contributed by atoms with Crippen LogP contribution in [0.25, 0.3) is 0 Å². The molecule has 0 amide bonds. The van der Waals surface area contributed by atoms with Crippen molar-refractivity contribution in [3.05, 3.63) is 97.2 Å². The first kappa shape index (κ1) is 61.3. The predicted molar refractivity (Wildman–Crippen MR) is 279 cm³/mol. The van der Waals surface area contributed by atoms with Gasteiger partial charge >= 0.3 is 17.9 Å². The lowest BCUT2D eigenvalue weighted by atomic mass is 10.1. The smallest absolute Gasteiger partial charge is 0.306 e. The zero-order valence-electron chi connectivity index (χ0n) is 42.2. The molecule has 0 spiro atoms.